The standard InChI is InChI=1S/C12H16N6O2/c1-7-6-9(18(2)17-7)10(19)14-12-16-15-11(20-12)8-4-3-5-13-8/h6,8,13H,3-5H2,1-2H3,(H,14,16,19). The molecule has 2 N–H and O–H groups in total. The molecule has 106 valence electrons. The SMILES string of the molecule is Cc1cc(C(=O)Nc2nnc(C3CCCN3)o2)n(C)n1. The topological polar surface area (TPSA) is 97.9 Å². The average Bonchev–Trinajstić information content (AvgIpc) is 3.09. The third-order valence-corrected chi connectivity index (χ3v) is 3.25. The third-order valence-electron chi connectivity index (χ3n) is 3.25. The lowest BCUT2D eigenvalue weighted by molar-refractivity contribution is 0.101. The van der Waals surface area contributed by atoms with Crippen LogP contribution in [0.5, 0.6) is 0 Å². The summed E-state index contributed by atoms with van der Waals surface area (Å²) < 4.78 is 6.97. The number of carbonyl (C=O) groups excluding carboxylic acids is 1. The van der Waals surface area contributed by atoms with E-state index >= 15 is 0 Å². The van der Waals surface area contributed by atoms with Crippen LogP contribution in [0.1, 0.15) is 41.0 Å². The third kappa shape index (κ3) is 2.42. The second-order valence-corrected chi connectivity index (χ2v) is 4.84. The molecule has 3 rings (SSSR count). The molecule has 1 fully saturated rings. The minimum atomic E-state index is -0.317. The van der Waals surface area contributed by atoms with Crippen molar-refractivity contribution >= 4 is 11.9 Å². The first-order valence-corrected chi connectivity index (χ1v) is 6.52. The molecule has 0 saturated carbocycles. The van der Waals surface area contributed by atoms with Crippen LogP contribution < -0.4 is 10.6 Å². The Hall–Kier alpha value is -2.22. The molecule has 1 saturated heterocycles. The summed E-state index contributed by atoms with van der Waals surface area (Å²) in [6, 6.07) is 1.90. The highest BCUT2D eigenvalue weighted by atomic mass is 16.4. The van der Waals surface area contributed by atoms with Crippen LogP contribution >= 0.6 is 0 Å². The summed E-state index contributed by atoms with van der Waals surface area (Å²) in [4.78, 5) is 12.1. The summed E-state index contributed by atoms with van der Waals surface area (Å²) in [5.74, 6) is 0.196. The lowest BCUT2D eigenvalue weighted by atomic mass is 10.2. The first-order chi connectivity index (χ1) is 9.63. The normalized spacial score (nSPS) is 18.4. The van der Waals surface area contributed by atoms with Crippen molar-refractivity contribution < 1.29 is 9.21 Å². The second kappa shape index (κ2) is 5.04. The predicted octanol–water partition coefficient (Wildman–Crippen LogP) is 0.788. The number of nitrogens with zero attached hydrogens (tertiary/aromatic N) is 4. The molecule has 0 spiro atoms. The van der Waals surface area contributed by atoms with Gasteiger partial charge >= 0.3 is 6.01 Å². The maximum absolute atomic E-state index is 12.1. The number of hydrogen-bond acceptors (Lipinski definition) is 6. The van der Waals surface area contributed by atoms with E-state index in [-0.39, 0.29) is 18.0 Å². The molecule has 8 heteroatoms. The maximum Gasteiger partial charge on any atom is 0.322 e. The monoisotopic (exact) mass is 276 g/mol. The van der Waals surface area contributed by atoms with Gasteiger partial charge in [0.1, 0.15) is 5.69 Å². The Morgan fingerprint density at radius 3 is 3.05 bits per heavy atom. The molecule has 0 aromatic carbocycles. The summed E-state index contributed by atoms with van der Waals surface area (Å²) in [6.07, 6.45) is 2.06. The molecule has 1 atom stereocenters. The molecule has 2 aromatic heterocycles. The van der Waals surface area contributed by atoms with Crippen molar-refractivity contribution in [1.29, 1.82) is 0 Å². The van der Waals surface area contributed by atoms with E-state index in [9.17, 15) is 4.79 Å². The van der Waals surface area contributed by atoms with Crippen LogP contribution in [0.25, 0.3) is 0 Å². The van der Waals surface area contributed by atoms with Crippen molar-refractivity contribution in [2.45, 2.75) is 25.8 Å². The molecular formula is C12H16N6O2. The van der Waals surface area contributed by atoms with E-state index in [0.29, 0.717) is 11.6 Å². The molecule has 1 amide bonds. The number of carbonyl (C=O) groups is 1. The van der Waals surface area contributed by atoms with Crippen LogP contribution in [0.2, 0.25) is 0 Å². The molecule has 0 aliphatic carbocycles. The largest absolute Gasteiger partial charge is 0.406 e. The van der Waals surface area contributed by atoms with Gasteiger partial charge in [-0.05, 0) is 32.4 Å². The van der Waals surface area contributed by atoms with E-state index < -0.39 is 0 Å². The van der Waals surface area contributed by atoms with Gasteiger partial charge in [-0.1, -0.05) is 5.10 Å². The fourth-order valence-electron chi connectivity index (χ4n) is 2.31. The maximum atomic E-state index is 12.1. The zero-order chi connectivity index (χ0) is 14.1. The van der Waals surface area contributed by atoms with Crippen molar-refractivity contribution in [1.82, 2.24) is 25.3 Å². The van der Waals surface area contributed by atoms with E-state index in [1.54, 1.807) is 13.1 Å². The molecule has 1 unspecified atom stereocenters. The smallest absolute Gasteiger partial charge is 0.322 e. The van der Waals surface area contributed by atoms with Crippen molar-refractivity contribution in [3.05, 3.63) is 23.3 Å². The van der Waals surface area contributed by atoms with E-state index in [1.165, 1.54) is 4.68 Å². The Morgan fingerprint density at radius 1 is 1.55 bits per heavy atom. The Kier molecular flexibility index (Phi) is 3.23. The van der Waals surface area contributed by atoms with Gasteiger partial charge in [-0.25, -0.2) is 0 Å². The van der Waals surface area contributed by atoms with Crippen LogP contribution in [0, 0.1) is 6.92 Å². The highest BCUT2D eigenvalue weighted by Crippen LogP contribution is 2.22. The van der Waals surface area contributed by atoms with Crippen molar-refractivity contribution in [2.24, 2.45) is 7.05 Å². The number of hydrogen-bond donors (Lipinski definition) is 2. The van der Waals surface area contributed by atoms with Gasteiger partial charge in [0.25, 0.3) is 5.91 Å². The minimum Gasteiger partial charge on any atom is -0.406 e. The Morgan fingerprint density at radius 2 is 2.40 bits per heavy atom. The van der Waals surface area contributed by atoms with Gasteiger partial charge < -0.3 is 9.73 Å². The fraction of sp³-hybridized carbons (Fsp3) is 0.500. The lowest BCUT2D eigenvalue weighted by Gasteiger charge is -2.03. The van der Waals surface area contributed by atoms with Crippen molar-refractivity contribution in [3.63, 3.8) is 0 Å². The number of aromatic nitrogens is 4. The number of amides is 1. The van der Waals surface area contributed by atoms with Gasteiger partial charge in [-0.3, -0.25) is 14.8 Å². The fourth-order valence-corrected chi connectivity index (χ4v) is 2.31. The van der Waals surface area contributed by atoms with Gasteiger partial charge in [0.2, 0.25) is 5.89 Å². The first kappa shape index (κ1) is 12.8. The summed E-state index contributed by atoms with van der Waals surface area (Å²) in [6.45, 7) is 2.77. The lowest BCUT2D eigenvalue weighted by Crippen LogP contribution is -2.16. The molecule has 0 bridgehead atoms. The van der Waals surface area contributed by atoms with Gasteiger partial charge in [0.05, 0.1) is 11.7 Å². The minimum absolute atomic E-state index is 0.0899. The van der Waals surface area contributed by atoms with Gasteiger partial charge in [0.15, 0.2) is 0 Å². The zero-order valence-electron chi connectivity index (χ0n) is 11.4. The second-order valence-electron chi connectivity index (χ2n) is 4.84. The molecule has 1 aliphatic rings. The predicted molar refractivity (Wildman–Crippen MR) is 70.2 cm³/mol. The molecule has 8 nitrogen and oxygen atoms in total. The number of anilines is 1. The average molecular weight is 276 g/mol. The van der Waals surface area contributed by atoms with Crippen LogP contribution in [0.4, 0.5) is 6.01 Å². The van der Waals surface area contributed by atoms with Crippen molar-refractivity contribution in [3.8, 4) is 0 Å². The molecule has 0 radical (unpaired) electrons. The molecule has 3 heterocycles. The van der Waals surface area contributed by atoms with Crippen LogP contribution in [-0.2, 0) is 7.05 Å². The molecule has 1 aliphatic heterocycles. The highest BCUT2D eigenvalue weighted by Gasteiger charge is 2.23. The van der Waals surface area contributed by atoms with Crippen molar-refractivity contribution in [2.75, 3.05) is 11.9 Å². The Balaban J connectivity index is 1.71. The Bertz CT molecular complexity index is 626. The molecule has 20 heavy (non-hydrogen) atoms. The van der Waals surface area contributed by atoms with E-state index in [0.717, 1.165) is 25.1 Å². The van der Waals surface area contributed by atoms with E-state index in [2.05, 4.69) is 25.9 Å². The summed E-state index contributed by atoms with van der Waals surface area (Å²) >= 11 is 0. The van der Waals surface area contributed by atoms with Crippen LogP contribution in [0.3, 0.4) is 0 Å². The van der Waals surface area contributed by atoms with Gasteiger partial charge in [-0.15, -0.1) is 5.10 Å². The summed E-state index contributed by atoms with van der Waals surface area (Å²) in [5, 5.41) is 17.8. The summed E-state index contributed by atoms with van der Waals surface area (Å²) in [7, 11) is 1.71. The molecular weight excluding hydrogens is 260 g/mol. The number of rotatable bonds is 3. The van der Waals surface area contributed by atoms with Gasteiger partial charge in [0, 0.05) is 7.05 Å². The van der Waals surface area contributed by atoms with Crippen LogP contribution in [0.15, 0.2) is 10.5 Å². The summed E-state index contributed by atoms with van der Waals surface area (Å²) in [5.41, 5.74) is 1.22. The zero-order valence-corrected chi connectivity index (χ0v) is 11.4. The number of nitrogens with one attached hydrogen (secondary N) is 2. The first-order valence-electron chi connectivity index (χ1n) is 6.52. The number of aryl methyl sites for hydroxylation is 2. The molecule has 2 aromatic rings. The van der Waals surface area contributed by atoms with E-state index in [4.69, 9.17) is 4.42 Å². The Labute approximate surface area is 115 Å². The van der Waals surface area contributed by atoms with Gasteiger partial charge in [-0.2, -0.15) is 5.10 Å². The van der Waals surface area contributed by atoms with Crippen LogP contribution in [-0.4, -0.2) is 32.4 Å². The quantitative estimate of drug-likeness (QED) is 0.860. The van der Waals surface area contributed by atoms with E-state index in [1.807, 2.05) is 6.92 Å². The highest BCUT2D eigenvalue weighted by molar-refractivity contribution is 6.01.